The van der Waals surface area contributed by atoms with Gasteiger partial charge in [-0.2, -0.15) is 0 Å². The first-order chi connectivity index (χ1) is 9.24. The minimum absolute atomic E-state index is 0.100. The molecule has 2 rings (SSSR count). The molecular weight excluding hydrogens is 238 g/mol. The number of hydrogen-bond donors (Lipinski definition) is 3. The number of aliphatic hydroxyl groups excluding tert-OH is 1. The summed E-state index contributed by atoms with van der Waals surface area (Å²) in [5, 5.41) is 24.4. The van der Waals surface area contributed by atoms with Gasteiger partial charge in [0.25, 0.3) is 0 Å². The number of nitrogens with one attached hydrogen (secondary N) is 1. The average molecular weight is 259 g/mol. The molecule has 0 bridgehead atoms. The van der Waals surface area contributed by atoms with Gasteiger partial charge < -0.3 is 15.5 Å². The minimum atomic E-state index is 0.100. The Bertz CT molecular complexity index is 539. The van der Waals surface area contributed by atoms with Gasteiger partial charge in [-0.15, -0.1) is 0 Å². The molecule has 3 heteroatoms. The molecular formula is C16H21NO2. The van der Waals surface area contributed by atoms with Crippen molar-refractivity contribution in [3.63, 3.8) is 0 Å². The van der Waals surface area contributed by atoms with E-state index in [4.69, 9.17) is 5.11 Å². The average Bonchev–Trinajstić information content (AvgIpc) is 2.44. The summed E-state index contributed by atoms with van der Waals surface area (Å²) in [5.74, 6) is 0.361. The van der Waals surface area contributed by atoms with Gasteiger partial charge in [0.15, 0.2) is 0 Å². The molecule has 0 heterocycles. The highest BCUT2D eigenvalue weighted by atomic mass is 16.3. The summed E-state index contributed by atoms with van der Waals surface area (Å²) in [7, 11) is 0. The van der Waals surface area contributed by atoms with E-state index in [2.05, 4.69) is 5.32 Å². The molecule has 0 aliphatic rings. The zero-order valence-corrected chi connectivity index (χ0v) is 11.3. The Hall–Kier alpha value is -1.58. The second-order valence-corrected chi connectivity index (χ2v) is 4.83. The van der Waals surface area contributed by atoms with Crippen LogP contribution in [0.25, 0.3) is 10.8 Å². The lowest BCUT2D eigenvalue weighted by Gasteiger charge is -2.16. The molecule has 1 atom stereocenters. The van der Waals surface area contributed by atoms with Gasteiger partial charge in [0.1, 0.15) is 5.75 Å². The number of phenols is 1. The third kappa shape index (κ3) is 3.25. The van der Waals surface area contributed by atoms with Crippen LogP contribution in [0.2, 0.25) is 0 Å². The topological polar surface area (TPSA) is 52.5 Å². The second-order valence-electron chi connectivity index (χ2n) is 4.83. The maximum atomic E-state index is 10.3. The molecule has 0 fully saturated rings. The fourth-order valence-corrected chi connectivity index (χ4v) is 2.29. The monoisotopic (exact) mass is 259 g/mol. The van der Waals surface area contributed by atoms with Crippen LogP contribution in [0.1, 0.15) is 31.4 Å². The van der Waals surface area contributed by atoms with E-state index >= 15 is 0 Å². The molecule has 3 nitrogen and oxygen atoms in total. The van der Waals surface area contributed by atoms with E-state index < -0.39 is 0 Å². The summed E-state index contributed by atoms with van der Waals surface area (Å²) in [5.41, 5.74) is 0.919. The first-order valence-corrected chi connectivity index (χ1v) is 6.79. The predicted octanol–water partition coefficient (Wildman–Crippen LogP) is 2.97. The quantitative estimate of drug-likeness (QED) is 0.699. The van der Waals surface area contributed by atoms with Gasteiger partial charge in [-0.3, -0.25) is 0 Å². The van der Waals surface area contributed by atoms with Crippen molar-refractivity contribution in [1.29, 1.82) is 0 Å². The van der Waals surface area contributed by atoms with E-state index in [1.54, 1.807) is 0 Å². The Labute approximate surface area is 113 Å². The van der Waals surface area contributed by atoms with Crippen molar-refractivity contribution < 1.29 is 10.2 Å². The summed E-state index contributed by atoms with van der Waals surface area (Å²) >= 11 is 0. The van der Waals surface area contributed by atoms with Crippen molar-refractivity contribution in [2.45, 2.75) is 25.8 Å². The molecule has 0 saturated heterocycles. The van der Waals surface area contributed by atoms with Crippen LogP contribution in [0.4, 0.5) is 0 Å². The molecule has 0 saturated carbocycles. The lowest BCUT2D eigenvalue weighted by molar-refractivity contribution is 0.282. The molecule has 0 radical (unpaired) electrons. The highest BCUT2D eigenvalue weighted by Crippen LogP contribution is 2.32. The molecule has 102 valence electrons. The summed E-state index contributed by atoms with van der Waals surface area (Å²) in [6.45, 7) is 3.12. The van der Waals surface area contributed by atoms with Gasteiger partial charge in [-0.25, -0.2) is 0 Å². The molecule has 0 aromatic heterocycles. The van der Waals surface area contributed by atoms with Gasteiger partial charge in [0.05, 0.1) is 0 Å². The zero-order valence-electron chi connectivity index (χ0n) is 11.3. The number of unbranched alkanes of at least 4 members (excludes halogenated alkanes) is 1. The molecule has 0 aliphatic carbocycles. The molecule has 1 unspecified atom stereocenters. The summed E-state index contributed by atoms with van der Waals surface area (Å²) < 4.78 is 0. The zero-order chi connectivity index (χ0) is 13.7. The second kappa shape index (κ2) is 6.55. The largest absolute Gasteiger partial charge is 0.507 e. The van der Waals surface area contributed by atoms with E-state index in [0.29, 0.717) is 5.75 Å². The van der Waals surface area contributed by atoms with Crippen molar-refractivity contribution in [1.82, 2.24) is 5.32 Å². The van der Waals surface area contributed by atoms with Crippen LogP contribution < -0.4 is 5.32 Å². The normalized spacial score (nSPS) is 12.7. The van der Waals surface area contributed by atoms with Crippen LogP contribution in [-0.2, 0) is 0 Å². The van der Waals surface area contributed by atoms with E-state index in [9.17, 15) is 5.11 Å². The fraction of sp³-hybridized carbons (Fsp3) is 0.375. The van der Waals surface area contributed by atoms with Crippen LogP contribution in [0.5, 0.6) is 5.75 Å². The summed E-state index contributed by atoms with van der Waals surface area (Å²) in [6.07, 6.45) is 1.75. The van der Waals surface area contributed by atoms with Crippen molar-refractivity contribution in [2.24, 2.45) is 0 Å². The Kier molecular flexibility index (Phi) is 4.77. The van der Waals surface area contributed by atoms with Gasteiger partial charge in [0, 0.05) is 23.6 Å². The molecule has 0 spiro atoms. The number of phenolic OH excluding ortho intramolecular Hbond substituents is 1. The SMILES string of the molecule is CC(NCCCCO)c1ccc2ccccc2c1O. The van der Waals surface area contributed by atoms with Crippen molar-refractivity contribution in [3.8, 4) is 5.75 Å². The van der Waals surface area contributed by atoms with Crippen LogP contribution in [0.3, 0.4) is 0 Å². The number of benzene rings is 2. The Morgan fingerprint density at radius 1 is 1.11 bits per heavy atom. The highest BCUT2D eigenvalue weighted by molar-refractivity contribution is 5.89. The standard InChI is InChI=1S/C16H21NO2/c1-12(17-10-4-5-11-18)14-9-8-13-6-2-3-7-15(13)16(14)19/h2-3,6-9,12,17-19H,4-5,10-11H2,1H3. The fourth-order valence-electron chi connectivity index (χ4n) is 2.29. The van der Waals surface area contributed by atoms with Gasteiger partial charge in [0.2, 0.25) is 0 Å². The smallest absolute Gasteiger partial charge is 0.128 e. The van der Waals surface area contributed by atoms with Gasteiger partial charge >= 0.3 is 0 Å². The van der Waals surface area contributed by atoms with Crippen molar-refractivity contribution in [3.05, 3.63) is 42.0 Å². The molecule has 0 amide bonds. The summed E-state index contributed by atoms with van der Waals surface area (Å²) in [6, 6.07) is 12.0. The first-order valence-electron chi connectivity index (χ1n) is 6.79. The maximum Gasteiger partial charge on any atom is 0.128 e. The Morgan fingerprint density at radius 3 is 2.68 bits per heavy atom. The van der Waals surface area contributed by atoms with Crippen LogP contribution in [-0.4, -0.2) is 23.4 Å². The number of fused-ring (bicyclic) bond motifs is 1. The highest BCUT2D eigenvalue weighted by Gasteiger charge is 2.11. The van der Waals surface area contributed by atoms with E-state index in [0.717, 1.165) is 35.7 Å². The lowest BCUT2D eigenvalue weighted by Crippen LogP contribution is -2.20. The number of aromatic hydroxyl groups is 1. The Morgan fingerprint density at radius 2 is 1.89 bits per heavy atom. The number of rotatable bonds is 6. The van der Waals surface area contributed by atoms with Crippen LogP contribution >= 0.6 is 0 Å². The Balaban J connectivity index is 2.13. The van der Waals surface area contributed by atoms with Crippen LogP contribution in [0.15, 0.2) is 36.4 Å². The van der Waals surface area contributed by atoms with Crippen molar-refractivity contribution in [2.75, 3.05) is 13.2 Å². The van der Waals surface area contributed by atoms with Crippen LogP contribution in [0, 0.1) is 0 Å². The third-order valence-corrected chi connectivity index (χ3v) is 3.43. The molecule has 2 aromatic rings. The van der Waals surface area contributed by atoms with E-state index in [1.807, 2.05) is 43.3 Å². The molecule has 0 aliphatic heterocycles. The van der Waals surface area contributed by atoms with Gasteiger partial charge in [-0.1, -0.05) is 36.4 Å². The maximum absolute atomic E-state index is 10.3. The van der Waals surface area contributed by atoms with E-state index in [-0.39, 0.29) is 12.6 Å². The molecule has 19 heavy (non-hydrogen) atoms. The van der Waals surface area contributed by atoms with Crippen molar-refractivity contribution >= 4 is 10.8 Å². The molecule has 2 aromatic carbocycles. The minimum Gasteiger partial charge on any atom is -0.507 e. The number of hydrogen-bond acceptors (Lipinski definition) is 3. The summed E-state index contributed by atoms with van der Waals surface area (Å²) in [4.78, 5) is 0. The first kappa shape index (κ1) is 13.8. The van der Waals surface area contributed by atoms with Gasteiger partial charge in [-0.05, 0) is 31.7 Å². The molecule has 3 N–H and O–H groups in total. The predicted molar refractivity (Wildman–Crippen MR) is 78.4 cm³/mol. The lowest BCUT2D eigenvalue weighted by atomic mass is 10.0. The number of aliphatic hydroxyl groups is 1. The van der Waals surface area contributed by atoms with E-state index in [1.165, 1.54) is 0 Å². The third-order valence-electron chi connectivity index (χ3n) is 3.43.